The molecule has 0 unspecified atom stereocenters. The number of aromatic nitrogens is 3. The summed E-state index contributed by atoms with van der Waals surface area (Å²) in [6, 6.07) is 0. The predicted octanol–water partition coefficient (Wildman–Crippen LogP) is 2.53. The summed E-state index contributed by atoms with van der Waals surface area (Å²) in [4.78, 5) is 8.90. The smallest absolute Gasteiger partial charge is 0.158 e. The van der Waals surface area contributed by atoms with Crippen molar-refractivity contribution in [1.29, 1.82) is 5.41 Å². The summed E-state index contributed by atoms with van der Waals surface area (Å²) >= 11 is 0. The molecule has 0 aliphatic heterocycles. The molecule has 0 amide bonds. The van der Waals surface area contributed by atoms with Crippen molar-refractivity contribution in [2.24, 2.45) is 11.7 Å². The molecule has 5 heteroatoms. The summed E-state index contributed by atoms with van der Waals surface area (Å²) < 4.78 is 1.92. The third-order valence-electron chi connectivity index (χ3n) is 4.23. The van der Waals surface area contributed by atoms with Gasteiger partial charge in [-0.25, -0.2) is 9.97 Å². The zero-order valence-electron chi connectivity index (χ0n) is 11.7. The Bertz CT molecular complexity index is 610. The van der Waals surface area contributed by atoms with Crippen LogP contribution in [0.15, 0.2) is 18.6 Å². The third-order valence-corrected chi connectivity index (χ3v) is 4.23. The van der Waals surface area contributed by atoms with Gasteiger partial charge in [-0.2, -0.15) is 0 Å². The molecule has 3 N–H and O–H groups in total. The number of hydrogen-bond acceptors (Lipinski definition) is 3. The van der Waals surface area contributed by atoms with E-state index in [1.54, 1.807) is 12.4 Å². The van der Waals surface area contributed by atoms with E-state index in [1.165, 1.54) is 32.1 Å². The molecule has 2 aromatic heterocycles. The molecule has 1 fully saturated rings. The van der Waals surface area contributed by atoms with Gasteiger partial charge < -0.3 is 10.1 Å². The second-order valence-corrected chi connectivity index (χ2v) is 5.69. The molecule has 20 heavy (non-hydrogen) atoms. The highest BCUT2D eigenvalue weighted by atomic mass is 15.0. The van der Waals surface area contributed by atoms with Crippen LogP contribution in [-0.4, -0.2) is 20.2 Å². The van der Waals surface area contributed by atoms with E-state index in [1.807, 2.05) is 10.6 Å². The number of fused-ring (bicyclic) bond motifs is 1. The number of hydrogen-bond donors (Lipinski definition) is 2. The van der Waals surface area contributed by atoms with Crippen molar-refractivity contribution in [3.8, 4) is 0 Å². The third kappa shape index (κ3) is 2.66. The maximum Gasteiger partial charge on any atom is 0.158 e. The standard InChI is InChI=1S/C15H21N5/c16-14(17)13-10-20-9-8-18-15(20)12(19-13)7-6-11-4-2-1-3-5-11/h8-11H,1-7H2,(H3,16,17). The fourth-order valence-corrected chi connectivity index (χ4v) is 3.11. The zero-order chi connectivity index (χ0) is 13.9. The summed E-state index contributed by atoms with van der Waals surface area (Å²) in [7, 11) is 0. The Kier molecular flexibility index (Phi) is 3.67. The first-order valence-corrected chi connectivity index (χ1v) is 7.41. The molecule has 1 saturated carbocycles. The molecule has 1 aliphatic carbocycles. The van der Waals surface area contributed by atoms with Crippen LogP contribution in [0.2, 0.25) is 0 Å². The van der Waals surface area contributed by atoms with E-state index in [4.69, 9.17) is 11.1 Å². The molecule has 0 aromatic carbocycles. The quantitative estimate of drug-likeness (QED) is 0.662. The molecule has 3 rings (SSSR count). The lowest BCUT2D eigenvalue weighted by Crippen LogP contribution is -2.16. The van der Waals surface area contributed by atoms with Gasteiger partial charge >= 0.3 is 0 Å². The molecule has 0 bridgehead atoms. The number of amidine groups is 1. The van der Waals surface area contributed by atoms with E-state index in [9.17, 15) is 0 Å². The molecule has 2 aromatic rings. The Morgan fingerprint density at radius 3 is 2.90 bits per heavy atom. The van der Waals surface area contributed by atoms with Crippen molar-refractivity contribution >= 4 is 11.5 Å². The summed E-state index contributed by atoms with van der Waals surface area (Å²) in [5.74, 6) is 0.834. The van der Waals surface area contributed by atoms with Gasteiger partial charge in [0.15, 0.2) is 5.65 Å². The van der Waals surface area contributed by atoms with Gasteiger partial charge in [0.05, 0.1) is 5.69 Å². The van der Waals surface area contributed by atoms with E-state index in [2.05, 4.69) is 9.97 Å². The molecular weight excluding hydrogens is 250 g/mol. The highest BCUT2D eigenvalue weighted by Gasteiger charge is 2.15. The molecule has 5 nitrogen and oxygen atoms in total. The molecule has 106 valence electrons. The van der Waals surface area contributed by atoms with Crippen LogP contribution in [0.1, 0.15) is 49.9 Å². The molecular formula is C15H21N5. The number of nitrogens with zero attached hydrogens (tertiary/aromatic N) is 3. The first-order chi connectivity index (χ1) is 9.74. The minimum Gasteiger partial charge on any atom is -0.382 e. The van der Waals surface area contributed by atoms with E-state index in [0.29, 0.717) is 5.69 Å². The summed E-state index contributed by atoms with van der Waals surface area (Å²) in [5.41, 5.74) is 7.96. The lowest BCUT2D eigenvalue weighted by atomic mass is 9.86. The fraction of sp³-hybridized carbons (Fsp3) is 0.533. The van der Waals surface area contributed by atoms with Gasteiger partial charge in [0.2, 0.25) is 0 Å². The molecule has 2 heterocycles. The van der Waals surface area contributed by atoms with Gasteiger partial charge in [-0.1, -0.05) is 32.1 Å². The summed E-state index contributed by atoms with van der Waals surface area (Å²) in [5, 5.41) is 7.57. The number of nitrogens with one attached hydrogen (secondary N) is 1. The van der Waals surface area contributed by atoms with Crippen LogP contribution in [0.25, 0.3) is 5.65 Å². The van der Waals surface area contributed by atoms with E-state index in [-0.39, 0.29) is 5.84 Å². The van der Waals surface area contributed by atoms with Gasteiger partial charge in [0, 0.05) is 18.6 Å². The van der Waals surface area contributed by atoms with Gasteiger partial charge in [-0.05, 0) is 18.8 Å². The predicted molar refractivity (Wildman–Crippen MR) is 78.9 cm³/mol. The molecule has 1 aliphatic rings. The molecule has 0 atom stereocenters. The van der Waals surface area contributed by atoms with Crippen molar-refractivity contribution in [2.75, 3.05) is 0 Å². The van der Waals surface area contributed by atoms with Gasteiger partial charge in [-0.3, -0.25) is 5.41 Å². The number of aryl methyl sites for hydroxylation is 1. The molecule has 0 saturated heterocycles. The van der Waals surface area contributed by atoms with Crippen LogP contribution in [0, 0.1) is 11.3 Å². The first-order valence-electron chi connectivity index (χ1n) is 7.41. The Labute approximate surface area is 118 Å². The Morgan fingerprint density at radius 1 is 1.35 bits per heavy atom. The highest BCUT2D eigenvalue weighted by molar-refractivity contribution is 5.93. The van der Waals surface area contributed by atoms with Crippen LogP contribution in [0.5, 0.6) is 0 Å². The van der Waals surface area contributed by atoms with Crippen molar-refractivity contribution in [3.63, 3.8) is 0 Å². The van der Waals surface area contributed by atoms with Crippen molar-refractivity contribution in [1.82, 2.24) is 14.4 Å². The number of imidazole rings is 1. The van der Waals surface area contributed by atoms with Crippen molar-refractivity contribution < 1.29 is 0 Å². The SMILES string of the molecule is N=C(N)c1cn2ccnc2c(CCC2CCCCC2)n1. The maximum atomic E-state index is 7.57. The zero-order valence-corrected chi connectivity index (χ0v) is 11.7. The van der Waals surface area contributed by atoms with Gasteiger partial charge in [-0.15, -0.1) is 0 Å². The second-order valence-electron chi connectivity index (χ2n) is 5.69. The number of nitrogen functional groups attached to an aromatic ring is 1. The van der Waals surface area contributed by atoms with Crippen LogP contribution in [0.4, 0.5) is 0 Å². The van der Waals surface area contributed by atoms with Crippen molar-refractivity contribution in [2.45, 2.75) is 44.9 Å². The summed E-state index contributed by atoms with van der Waals surface area (Å²) in [6.07, 6.45) is 14.3. The normalized spacial score (nSPS) is 16.6. The molecule has 0 radical (unpaired) electrons. The maximum absolute atomic E-state index is 7.57. The Morgan fingerprint density at radius 2 is 2.15 bits per heavy atom. The fourth-order valence-electron chi connectivity index (χ4n) is 3.11. The largest absolute Gasteiger partial charge is 0.382 e. The minimum absolute atomic E-state index is 0.0134. The summed E-state index contributed by atoms with van der Waals surface area (Å²) in [6.45, 7) is 0. The van der Waals surface area contributed by atoms with Crippen LogP contribution < -0.4 is 5.73 Å². The van der Waals surface area contributed by atoms with Crippen molar-refractivity contribution in [3.05, 3.63) is 30.0 Å². The number of rotatable bonds is 4. The molecule has 0 spiro atoms. The van der Waals surface area contributed by atoms with E-state index in [0.717, 1.165) is 30.1 Å². The topological polar surface area (TPSA) is 80.1 Å². The first kappa shape index (κ1) is 13.1. The van der Waals surface area contributed by atoms with Crippen LogP contribution in [-0.2, 0) is 6.42 Å². The van der Waals surface area contributed by atoms with E-state index >= 15 is 0 Å². The number of nitrogens with two attached hydrogens (primary N) is 1. The van der Waals surface area contributed by atoms with Crippen LogP contribution in [0.3, 0.4) is 0 Å². The van der Waals surface area contributed by atoms with Crippen LogP contribution >= 0.6 is 0 Å². The average molecular weight is 271 g/mol. The van der Waals surface area contributed by atoms with E-state index < -0.39 is 0 Å². The lowest BCUT2D eigenvalue weighted by molar-refractivity contribution is 0.338. The Balaban J connectivity index is 1.81. The highest BCUT2D eigenvalue weighted by Crippen LogP contribution is 2.27. The average Bonchev–Trinajstić information content (AvgIpc) is 2.94. The monoisotopic (exact) mass is 271 g/mol. The second kappa shape index (κ2) is 5.61. The lowest BCUT2D eigenvalue weighted by Gasteiger charge is -2.21. The Hall–Kier alpha value is -1.91. The van der Waals surface area contributed by atoms with Gasteiger partial charge in [0.25, 0.3) is 0 Å². The minimum atomic E-state index is 0.0134. The van der Waals surface area contributed by atoms with Gasteiger partial charge in [0.1, 0.15) is 11.5 Å².